The van der Waals surface area contributed by atoms with Crippen LogP contribution in [0.1, 0.15) is 36.0 Å². The lowest BCUT2D eigenvalue weighted by Crippen LogP contribution is -2.33. The normalized spacial score (nSPS) is 15.7. The first kappa shape index (κ1) is 15.8. The molecule has 1 N–H and O–H groups in total. The number of piperidine rings is 1. The van der Waals surface area contributed by atoms with Crippen molar-refractivity contribution in [3.8, 4) is 5.75 Å². The standard InChI is InChI=1S/C16H23FN2O2/c1-21-13-6-7-14(15(17)12-13)16(20)18-8-5-11-19-9-3-2-4-10-19/h6-7,12H,2-5,8-11H2,1H3,(H,18,20). The van der Waals surface area contributed by atoms with Crippen molar-refractivity contribution < 1.29 is 13.9 Å². The van der Waals surface area contributed by atoms with Crippen molar-refractivity contribution in [2.45, 2.75) is 25.7 Å². The molecule has 1 amide bonds. The average molecular weight is 294 g/mol. The van der Waals surface area contributed by atoms with E-state index in [0.29, 0.717) is 12.3 Å². The van der Waals surface area contributed by atoms with Gasteiger partial charge in [0.05, 0.1) is 12.7 Å². The summed E-state index contributed by atoms with van der Waals surface area (Å²) in [6.07, 6.45) is 4.75. The van der Waals surface area contributed by atoms with E-state index in [1.54, 1.807) is 6.07 Å². The number of likely N-dealkylation sites (tertiary alicyclic amines) is 1. The Hall–Kier alpha value is -1.62. The molecule has 0 unspecified atom stereocenters. The van der Waals surface area contributed by atoms with Gasteiger partial charge in [-0.1, -0.05) is 6.42 Å². The SMILES string of the molecule is COc1ccc(C(=O)NCCCN2CCCCC2)c(F)c1. The van der Waals surface area contributed by atoms with Gasteiger partial charge >= 0.3 is 0 Å². The van der Waals surface area contributed by atoms with Crippen LogP contribution in [-0.2, 0) is 0 Å². The summed E-state index contributed by atoms with van der Waals surface area (Å²) in [6.45, 7) is 3.87. The number of ether oxygens (including phenoxy) is 1. The molecule has 1 aromatic rings. The molecule has 21 heavy (non-hydrogen) atoms. The summed E-state index contributed by atoms with van der Waals surface area (Å²) < 4.78 is 18.7. The van der Waals surface area contributed by atoms with E-state index in [4.69, 9.17) is 4.74 Å². The van der Waals surface area contributed by atoms with Gasteiger partial charge in [0.2, 0.25) is 0 Å². The molecule has 5 heteroatoms. The van der Waals surface area contributed by atoms with Crippen LogP contribution >= 0.6 is 0 Å². The highest BCUT2D eigenvalue weighted by Crippen LogP contribution is 2.16. The van der Waals surface area contributed by atoms with Crippen molar-refractivity contribution in [3.63, 3.8) is 0 Å². The number of hydrogen-bond donors (Lipinski definition) is 1. The molecule has 2 rings (SSSR count). The second-order valence-corrected chi connectivity index (χ2v) is 5.36. The molecule has 1 fully saturated rings. The van der Waals surface area contributed by atoms with Crippen LogP contribution in [0.3, 0.4) is 0 Å². The summed E-state index contributed by atoms with van der Waals surface area (Å²) in [4.78, 5) is 14.3. The molecular weight excluding hydrogens is 271 g/mol. The summed E-state index contributed by atoms with van der Waals surface area (Å²) in [5, 5.41) is 2.77. The quantitative estimate of drug-likeness (QED) is 0.819. The maximum absolute atomic E-state index is 13.7. The van der Waals surface area contributed by atoms with Crippen LogP contribution in [0.5, 0.6) is 5.75 Å². The van der Waals surface area contributed by atoms with Crippen molar-refractivity contribution in [1.29, 1.82) is 0 Å². The number of nitrogens with one attached hydrogen (secondary N) is 1. The maximum atomic E-state index is 13.7. The van der Waals surface area contributed by atoms with Crippen LogP contribution in [0.2, 0.25) is 0 Å². The van der Waals surface area contributed by atoms with E-state index in [2.05, 4.69) is 10.2 Å². The molecule has 1 aliphatic heterocycles. The topological polar surface area (TPSA) is 41.6 Å². The van der Waals surface area contributed by atoms with Crippen LogP contribution in [0, 0.1) is 5.82 Å². The van der Waals surface area contributed by atoms with Crippen LogP contribution in [-0.4, -0.2) is 44.1 Å². The van der Waals surface area contributed by atoms with Crippen molar-refractivity contribution in [2.75, 3.05) is 33.3 Å². The summed E-state index contributed by atoms with van der Waals surface area (Å²) >= 11 is 0. The Kier molecular flexibility index (Phi) is 5.99. The summed E-state index contributed by atoms with van der Waals surface area (Å²) in [7, 11) is 1.47. The van der Waals surface area contributed by atoms with E-state index in [1.807, 2.05) is 0 Å². The molecule has 116 valence electrons. The number of carbonyl (C=O) groups excluding carboxylic acids is 1. The van der Waals surface area contributed by atoms with Gasteiger partial charge in [-0.2, -0.15) is 0 Å². The van der Waals surface area contributed by atoms with E-state index in [9.17, 15) is 9.18 Å². The van der Waals surface area contributed by atoms with E-state index in [1.165, 1.54) is 38.5 Å². The molecule has 0 radical (unpaired) electrons. The number of nitrogens with zero attached hydrogens (tertiary/aromatic N) is 1. The third-order valence-corrected chi connectivity index (χ3v) is 3.81. The summed E-state index contributed by atoms with van der Waals surface area (Å²) in [5.41, 5.74) is 0.0637. The molecule has 0 spiro atoms. The Morgan fingerprint density at radius 2 is 2.10 bits per heavy atom. The van der Waals surface area contributed by atoms with Gasteiger partial charge in [0.1, 0.15) is 11.6 Å². The fraction of sp³-hybridized carbons (Fsp3) is 0.562. The van der Waals surface area contributed by atoms with Crippen molar-refractivity contribution in [2.24, 2.45) is 0 Å². The van der Waals surface area contributed by atoms with Crippen LogP contribution in [0.25, 0.3) is 0 Å². The Labute approximate surface area is 125 Å². The van der Waals surface area contributed by atoms with Gasteiger partial charge in [-0.25, -0.2) is 4.39 Å². The Morgan fingerprint density at radius 3 is 2.76 bits per heavy atom. The highest BCUT2D eigenvalue weighted by molar-refractivity contribution is 5.94. The van der Waals surface area contributed by atoms with Gasteiger partial charge < -0.3 is 15.0 Å². The van der Waals surface area contributed by atoms with Gasteiger partial charge in [0.25, 0.3) is 5.91 Å². The first-order valence-corrected chi connectivity index (χ1v) is 7.55. The molecule has 1 aliphatic rings. The molecule has 4 nitrogen and oxygen atoms in total. The zero-order chi connectivity index (χ0) is 15.1. The fourth-order valence-corrected chi connectivity index (χ4v) is 2.59. The molecule has 0 aliphatic carbocycles. The molecule has 1 aromatic carbocycles. The number of rotatable bonds is 6. The molecule has 0 aromatic heterocycles. The molecule has 0 atom stereocenters. The number of amides is 1. The van der Waals surface area contributed by atoms with Crippen molar-refractivity contribution in [3.05, 3.63) is 29.6 Å². The lowest BCUT2D eigenvalue weighted by molar-refractivity contribution is 0.0947. The minimum atomic E-state index is -0.553. The largest absolute Gasteiger partial charge is 0.497 e. The average Bonchev–Trinajstić information content (AvgIpc) is 2.52. The van der Waals surface area contributed by atoms with Crippen LogP contribution in [0.15, 0.2) is 18.2 Å². The minimum Gasteiger partial charge on any atom is -0.497 e. The Balaban J connectivity index is 1.74. The lowest BCUT2D eigenvalue weighted by atomic mass is 10.1. The predicted octanol–water partition coefficient (Wildman–Crippen LogP) is 2.44. The highest BCUT2D eigenvalue weighted by atomic mass is 19.1. The van der Waals surface area contributed by atoms with Gasteiger partial charge in [0, 0.05) is 12.6 Å². The Bertz CT molecular complexity index is 473. The van der Waals surface area contributed by atoms with Crippen LogP contribution < -0.4 is 10.1 Å². The number of methoxy groups -OCH3 is 1. The summed E-state index contributed by atoms with van der Waals surface area (Å²) in [5.74, 6) is -0.508. The Morgan fingerprint density at radius 1 is 1.33 bits per heavy atom. The van der Waals surface area contributed by atoms with Gasteiger partial charge in [-0.3, -0.25) is 4.79 Å². The second-order valence-electron chi connectivity index (χ2n) is 5.36. The van der Waals surface area contributed by atoms with Gasteiger partial charge in [0.15, 0.2) is 0 Å². The molecule has 1 saturated heterocycles. The monoisotopic (exact) mass is 294 g/mol. The zero-order valence-corrected chi connectivity index (χ0v) is 12.5. The minimum absolute atomic E-state index is 0.0637. The smallest absolute Gasteiger partial charge is 0.254 e. The highest BCUT2D eigenvalue weighted by Gasteiger charge is 2.13. The maximum Gasteiger partial charge on any atom is 0.254 e. The number of hydrogen-bond acceptors (Lipinski definition) is 3. The molecule has 0 bridgehead atoms. The van der Waals surface area contributed by atoms with E-state index in [0.717, 1.165) is 26.1 Å². The first-order valence-electron chi connectivity index (χ1n) is 7.55. The third-order valence-electron chi connectivity index (χ3n) is 3.81. The number of halogens is 1. The van der Waals surface area contributed by atoms with Crippen LogP contribution in [0.4, 0.5) is 4.39 Å². The van der Waals surface area contributed by atoms with E-state index >= 15 is 0 Å². The van der Waals surface area contributed by atoms with Gasteiger partial charge in [-0.05, 0) is 51.0 Å². The summed E-state index contributed by atoms with van der Waals surface area (Å²) in [6, 6.07) is 4.27. The van der Waals surface area contributed by atoms with Gasteiger partial charge in [-0.15, -0.1) is 0 Å². The number of carbonyl (C=O) groups is 1. The molecule has 0 saturated carbocycles. The number of benzene rings is 1. The predicted molar refractivity (Wildman–Crippen MR) is 80.2 cm³/mol. The first-order chi connectivity index (χ1) is 10.2. The second kappa shape index (κ2) is 7.98. The lowest BCUT2D eigenvalue weighted by Gasteiger charge is -2.26. The molecule has 1 heterocycles. The van der Waals surface area contributed by atoms with E-state index in [-0.39, 0.29) is 11.5 Å². The third kappa shape index (κ3) is 4.70. The fourth-order valence-electron chi connectivity index (χ4n) is 2.59. The van der Waals surface area contributed by atoms with Crippen molar-refractivity contribution >= 4 is 5.91 Å². The van der Waals surface area contributed by atoms with Crippen molar-refractivity contribution in [1.82, 2.24) is 10.2 Å². The van der Waals surface area contributed by atoms with E-state index < -0.39 is 5.82 Å². The zero-order valence-electron chi connectivity index (χ0n) is 12.5. The molecular formula is C16H23FN2O2.